The lowest BCUT2D eigenvalue weighted by Gasteiger charge is -2.33. The third-order valence-electron chi connectivity index (χ3n) is 5.84. The summed E-state index contributed by atoms with van der Waals surface area (Å²) in [5.41, 5.74) is 11.6. The van der Waals surface area contributed by atoms with E-state index in [0.717, 1.165) is 61.0 Å². The van der Waals surface area contributed by atoms with Crippen LogP contribution in [0.15, 0.2) is 24.3 Å². The van der Waals surface area contributed by atoms with Gasteiger partial charge in [0.15, 0.2) is 17.1 Å². The van der Waals surface area contributed by atoms with Gasteiger partial charge in [0, 0.05) is 31.1 Å². The average Bonchev–Trinajstić information content (AvgIpc) is 3.11. The number of aromatic nitrogens is 3. The van der Waals surface area contributed by atoms with E-state index in [1.165, 1.54) is 11.1 Å². The third-order valence-corrected chi connectivity index (χ3v) is 5.84. The van der Waals surface area contributed by atoms with E-state index in [2.05, 4.69) is 29.1 Å². The smallest absolute Gasteiger partial charge is 0.161 e. The van der Waals surface area contributed by atoms with Crippen molar-refractivity contribution in [1.82, 2.24) is 19.5 Å². The Kier molecular flexibility index (Phi) is 5.81. The van der Waals surface area contributed by atoms with Crippen molar-refractivity contribution < 1.29 is 9.47 Å². The number of methoxy groups -OCH3 is 1. The highest BCUT2D eigenvalue weighted by Gasteiger charge is 2.24. The molecule has 7 nitrogen and oxygen atoms in total. The number of benzene rings is 1. The molecule has 1 aliphatic heterocycles. The van der Waals surface area contributed by atoms with Crippen LogP contribution in [-0.4, -0.2) is 46.3 Å². The van der Waals surface area contributed by atoms with E-state index in [1.807, 2.05) is 26.0 Å². The van der Waals surface area contributed by atoms with Crippen LogP contribution in [0.25, 0.3) is 5.65 Å². The lowest BCUT2D eigenvalue weighted by molar-refractivity contribution is 0.198. The number of ether oxygens (including phenoxy) is 2. The minimum atomic E-state index is 0.367. The van der Waals surface area contributed by atoms with Crippen LogP contribution in [-0.2, 0) is 6.54 Å². The molecule has 160 valence electrons. The molecule has 0 bridgehead atoms. The van der Waals surface area contributed by atoms with Crippen molar-refractivity contribution in [2.24, 2.45) is 0 Å². The van der Waals surface area contributed by atoms with E-state index in [9.17, 15) is 0 Å². The van der Waals surface area contributed by atoms with Gasteiger partial charge in [0.2, 0.25) is 0 Å². The van der Waals surface area contributed by atoms with E-state index in [0.29, 0.717) is 18.3 Å². The number of hydrogen-bond acceptors (Lipinski definition) is 6. The molecule has 2 N–H and O–H groups in total. The Bertz CT molecular complexity index is 1050. The van der Waals surface area contributed by atoms with Crippen molar-refractivity contribution in [1.29, 1.82) is 0 Å². The predicted molar refractivity (Wildman–Crippen MR) is 118 cm³/mol. The van der Waals surface area contributed by atoms with Gasteiger partial charge in [-0.1, -0.05) is 0 Å². The first-order valence-corrected chi connectivity index (χ1v) is 10.6. The number of likely N-dealkylation sites (tertiary alicyclic amines) is 1. The average molecular weight is 410 g/mol. The topological polar surface area (TPSA) is 77.9 Å². The fourth-order valence-electron chi connectivity index (χ4n) is 4.33. The number of nitrogens with two attached hydrogens (primary N) is 1. The van der Waals surface area contributed by atoms with Gasteiger partial charge in [-0.05, 0) is 63.4 Å². The van der Waals surface area contributed by atoms with Crippen molar-refractivity contribution in [3.05, 3.63) is 46.8 Å². The highest BCUT2D eigenvalue weighted by atomic mass is 16.5. The largest absolute Gasteiger partial charge is 0.493 e. The van der Waals surface area contributed by atoms with Crippen molar-refractivity contribution >= 4 is 11.5 Å². The number of nitrogens with zero attached hydrogens (tertiary/aromatic N) is 4. The minimum absolute atomic E-state index is 0.367. The zero-order valence-corrected chi connectivity index (χ0v) is 18.3. The first kappa shape index (κ1) is 20.5. The molecule has 1 fully saturated rings. The highest BCUT2D eigenvalue weighted by molar-refractivity contribution is 5.49. The molecule has 7 heteroatoms. The molecule has 3 aromatic rings. The van der Waals surface area contributed by atoms with Gasteiger partial charge in [-0.25, -0.2) is 4.98 Å². The summed E-state index contributed by atoms with van der Waals surface area (Å²) in [5, 5.41) is 4.41. The molecular formula is C23H31N5O2. The zero-order chi connectivity index (χ0) is 21.3. The molecule has 0 aliphatic carbocycles. The first-order chi connectivity index (χ1) is 14.5. The number of piperidine rings is 1. The van der Waals surface area contributed by atoms with E-state index < -0.39 is 0 Å². The lowest BCUT2D eigenvalue weighted by atomic mass is 9.93. The summed E-state index contributed by atoms with van der Waals surface area (Å²) >= 11 is 0. The van der Waals surface area contributed by atoms with Crippen LogP contribution in [0, 0.1) is 13.8 Å². The Balaban J connectivity index is 1.54. The molecular weight excluding hydrogens is 378 g/mol. The van der Waals surface area contributed by atoms with Gasteiger partial charge in [0.25, 0.3) is 0 Å². The second kappa shape index (κ2) is 8.52. The van der Waals surface area contributed by atoms with Gasteiger partial charge in [0.05, 0.1) is 25.1 Å². The Morgan fingerprint density at radius 2 is 2.00 bits per heavy atom. The molecule has 0 amide bonds. The van der Waals surface area contributed by atoms with Crippen molar-refractivity contribution in [3.63, 3.8) is 0 Å². The molecule has 1 atom stereocenters. The van der Waals surface area contributed by atoms with Crippen LogP contribution < -0.4 is 15.2 Å². The molecule has 0 radical (unpaired) electrons. The molecule has 1 saturated heterocycles. The van der Waals surface area contributed by atoms with Crippen molar-refractivity contribution in [3.8, 4) is 11.5 Å². The Morgan fingerprint density at radius 1 is 1.17 bits per heavy atom. The summed E-state index contributed by atoms with van der Waals surface area (Å²) in [6.45, 7) is 9.63. The van der Waals surface area contributed by atoms with E-state index >= 15 is 0 Å². The van der Waals surface area contributed by atoms with Gasteiger partial charge in [-0.15, -0.1) is 0 Å². The lowest BCUT2D eigenvalue weighted by Crippen LogP contribution is -2.34. The summed E-state index contributed by atoms with van der Waals surface area (Å²) in [6, 6.07) is 8.16. The fourth-order valence-corrected chi connectivity index (χ4v) is 4.33. The molecule has 0 spiro atoms. The van der Waals surface area contributed by atoms with Crippen LogP contribution in [0.4, 0.5) is 5.82 Å². The monoisotopic (exact) mass is 409 g/mol. The number of aryl methyl sites for hydroxylation is 2. The molecule has 1 unspecified atom stereocenters. The maximum atomic E-state index is 6.25. The van der Waals surface area contributed by atoms with Crippen LogP contribution in [0.3, 0.4) is 0 Å². The number of hydrogen-bond donors (Lipinski definition) is 1. The molecule has 1 aliphatic rings. The molecule has 4 rings (SSSR count). The standard InChI is InChI=1S/C23H31N5O2/c1-5-30-21-11-18(15(2)9-20(21)29-4)14-27-8-6-7-17(13-27)19-12-22(24)28-23(25-19)10-16(3)26-28/h9-12,17H,5-8,13-14,24H2,1-4H3. The van der Waals surface area contributed by atoms with Crippen molar-refractivity contribution in [2.45, 2.75) is 46.1 Å². The summed E-state index contributed by atoms with van der Waals surface area (Å²) in [6.07, 6.45) is 2.27. The first-order valence-electron chi connectivity index (χ1n) is 10.6. The number of anilines is 1. The minimum Gasteiger partial charge on any atom is -0.493 e. The maximum Gasteiger partial charge on any atom is 0.161 e. The highest BCUT2D eigenvalue weighted by Crippen LogP contribution is 2.33. The second-order valence-corrected chi connectivity index (χ2v) is 8.10. The molecule has 0 saturated carbocycles. The van der Waals surface area contributed by atoms with Gasteiger partial charge in [-0.3, -0.25) is 4.90 Å². The summed E-state index contributed by atoms with van der Waals surface area (Å²) in [7, 11) is 1.68. The quantitative estimate of drug-likeness (QED) is 0.669. The predicted octanol–water partition coefficient (Wildman–Crippen LogP) is 3.72. The summed E-state index contributed by atoms with van der Waals surface area (Å²) < 4.78 is 13.0. The molecule has 30 heavy (non-hydrogen) atoms. The van der Waals surface area contributed by atoms with Gasteiger partial charge >= 0.3 is 0 Å². The summed E-state index contributed by atoms with van der Waals surface area (Å²) in [5.74, 6) is 2.61. The van der Waals surface area contributed by atoms with Crippen LogP contribution in [0.5, 0.6) is 11.5 Å². The van der Waals surface area contributed by atoms with Gasteiger partial charge in [0.1, 0.15) is 5.82 Å². The molecule has 1 aromatic carbocycles. The molecule has 3 heterocycles. The van der Waals surface area contributed by atoms with Gasteiger partial charge < -0.3 is 15.2 Å². The zero-order valence-electron chi connectivity index (χ0n) is 18.3. The SMILES string of the molecule is CCOc1cc(CN2CCCC(c3cc(N)n4nc(C)cc4n3)C2)c(C)cc1OC. The van der Waals surface area contributed by atoms with E-state index in [1.54, 1.807) is 11.6 Å². The van der Waals surface area contributed by atoms with Gasteiger partial charge in [-0.2, -0.15) is 9.61 Å². The van der Waals surface area contributed by atoms with Crippen LogP contribution >= 0.6 is 0 Å². The van der Waals surface area contributed by atoms with E-state index in [4.69, 9.17) is 20.2 Å². The number of rotatable bonds is 6. The summed E-state index contributed by atoms with van der Waals surface area (Å²) in [4.78, 5) is 7.36. The van der Waals surface area contributed by atoms with E-state index in [-0.39, 0.29) is 0 Å². The third kappa shape index (κ3) is 4.07. The van der Waals surface area contributed by atoms with Crippen molar-refractivity contribution in [2.75, 3.05) is 32.5 Å². The fraction of sp³-hybridized carbons (Fsp3) is 0.478. The Morgan fingerprint density at radius 3 is 2.77 bits per heavy atom. The Hall–Kier alpha value is -2.80. The molecule has 2 aromatic heterocycles. The second-order valence-electron chi connectivity index (χ2n) is 8.10. The van der Waals surface area contributed by atoms with Crippen LogP contribution in [0.1, 0.15) is 48.2 Å². The number of fused-ring (bicyclic) bond motifs is 1. The maximum absolute atomic E-state index is 6.25. The van der Waals surface area contributed by atoms with Crippen LogP contribution in [0.2, 0.25) is 0 Å². The Labute approximate surface area is 177 Å². The normalized spacial score (nSPS) is 17.4. The number of nitrogen functional groups attached to an aromatic ring is 1.